The van der Waals surface area contributed by atoms with Crippen LogP contribution in [-0.4, -0.2) is 141 Å². The molecule has 34 heavy (non-hydrogen) atoms. The van der Waals surface area contributed by atoms with Gasteiger partial charge >= 0.3 is 23.9 Å². The highest BCUT2D eigenvalue weighted by atomic mass is 16.4. The minimum Gasteiger partial charge on any atom is -0.480 e. The van der Waals surface area contributed by atoms with Gasteiger partial charge in [-0.25, -0.2) is 0 Å². The first-order valence-corrected chi connectivity index (χ1v) is 11.6. The molecule has 0 aromatic rings. The molecule has 1 aliphatic rings. The molecule has 12 heteroatoms. The highest BCUT2D eigenvalue weighted by Crippen LogP contribution is 2.17. The van der Waals surface area contributed by atoms with E-state index >= 15 is 0 Å². The minimum atomic E-state index is -1.02. The molecule has 2 unspecified atom stereocenters. The van der Waals surface area contributed by atoms with Crippen LogP contribution in [-0.2, 0) is 19.2 Å². The van der Waals surface area contributed by atoms with Crippen molar-refractivity contribution < 1.29 is 39.6 Å². The van der Waals surface area contributed by atoms with E-state index in [1.54, 1.807) is 19.6 Å². The molecule has 0 spiro atoms. The number of aliphatic carboxylic acids is 4. The Morgan fingerprint density at radius 2 is 0.882 bits per heavy atom. The third-order valence-electron chi connectivity index (χ3n) is 6.17. The number of hydrogen-bond acceptors (Lipinski definition) is 8. The molecule has 4 N–H and O–H groups in total. The molecule has 1 aliphatic heterocycles. The molecule has 196 valence electrons. The Labute approximate surface area is 200 Å². The van der Waals surface area contributed by atoms with Crippen molar-refractivity contribution >= 4 is 23.9 Å². The molecule has 0 aliphatic carbocycles. The van der Waals surface area contributed by atoms with E-state index in [4.69, 9.17) is 0 Å². The second kappa shape index (κ2) is 14.2. The summed E-state index contributed by atoms with van der Waals surface area (Å²) in [6.07, 6.45) is 0. The van der Waals surface area contributed by atoms with Crippen LogP contribution in [0.4, 0.5) is 0 Å². The van der Waals surface area contributed by atoms with E-state index in [0.717, 1.165) is 0 Å². The van der Waals surface area contributed by atoms with Crippen LogP contribution in [0.2, 0.25) is 0 Å². The summed E-state index contributed by atoms with van der Waals surface area (Å²) >= 11 is 0. The molecule has 12 nitrogen and oxygen atoms in total. The smallest absolute Gasteiger partial charge is 0.317 e. The molecule has 2 atom stereocenters. The monoisotopic (exact) mass is 488 g/mol. The Balaban J connectivity index is 3.41. The Kier molecular flexibility index (Phi) is 12.4. The van der Waals surface area contributed by atoms with E-state index in [9.17, 15) is 39.6 Å². The van der Waals surface area contributed by atoms with Gasteiger partial charge in [0.2, 0.25) is 0 Å². The largest absolute Gasteiger partial charge is 0.480 e. The SMILES string of the molecule is CC(C)C1CN(CC(=O)O)CCN(CC(=O)O)C(C(C)C)CN(CC(=O)O)CCN1CC(=O)O. The molecule has 0 aromatic carbocycles. The lowest BCUT2D eigenvalue weighted by Crippen LogP contribution is -2.57. The molecule has 1 fully saturated rings. The first-order valence-electron chi connectivity index (χ1n) is 11.6. The zero-order valence-electron chi connectivity index (χ0n) is 20.6. The first-order chi connectivity index (χ1) is 15.8. The van der Waals surface area contributed by atoms with E-state index in [1.165, 1.54) is 0 Å². The van der Waals surface area contributed by atoms with E-state index < -0.39 is 23.9 Å². The quantitative estimate of drug-likeness (QED) is 0.315. The fourth-order valence-corrected chi connectivity index (χ4v) is 4.49. The number of carboxylic acids is 4. The van der Waals surface area contributed by atoms with Crippen molar-refractivity contribution in [2.24, 2.45) is 11.8 Å². The zero-order valence-corrected chi connectivity index (χ0v) is 20.6. The maximum Gasteiger partial charge on any atom is 0.317 e. The van der Waals surface area contributed by atoms with Crippen LogP contribution in [0.15, 0.2) is 0 Å². The number of carbonyl (C=O) groups is 4. The van der Waals surface area contributed by atoms with Gasteiger partial charge in [0.25, 0.3) is 0 Å². The molecule has 0 radical (unpaired) electrons. The molecule has 0 bridgehead atoms. The Hall–Kier alpha value is -2.28. The van der Waals surface area contributed by atoms with Crippen molar-refractivity contribution in [3.8, 4) is 0 Å². The third-order valence-corrected chi connectivity index (χ3v) is 6.17. The predicted octanol–water partition coefficient (Wildman–Crippen LogP) is -0.404. The summed E-state index contributed by atoms with van der Waals surface area (Å²) < 4.78 is 0. The third kappa shape index (κ3) is 10.8. The van der Waals surface area contributed by atoms with Gasteiger partial charge in [-0.15, -0.1) is 0 Å². The number of rotatable bonds is 10. The van der Waals surface area contributed by atoms with E-state index in [-0.39, 0.29) is 76.3 Å². The van der Waals surface area contributed by atoms with Crippen molar-refractivity contribution in [3.63, 3.8) is 0 Å². The number of carboxylic acid groups (broad SMARTS) is 4. The summed E-state index contributed by atoms with van der Waals surface area (Å²) in [4.78, 5) is 53.3. The van der Waals surface area contributed by atoms with E-state index in [1.807, 2.05) is 27.7 Å². The molecule has 0 aromatic heterocycles. The van der Waals surface area contributed by atoms with Crippen LogP contribution in [0, 0.1) is 11.8 Å². The van der Waals surface area contributed by atoms with Crippen LogP contribution >= 0.6 is 0 Å². The van der Waals surface area contributed by atoms with Gasteiger partial charge in [0.1, 0.15) is 0 Å². The Morgan fingerprint density at radius 1 is 0.588 bits per heavy atom. The summed E-state index contributed by atoms with van der Waals surface area (Å²) in [6, 6.07) is -0.564. The van der Waals surface area contributed by atoms with Gasteiger partial charge in [-0.3, -0.25) is 38.8 Å². The number of hydrogen-bond donors (Lipinski definition) is 4. The topological polar surface area (TPSA) is 162 Å². The standard InChI is InChI=1S/C22H40N4O8/c1-15(2)17-9-23(11-19(27)28)6-8-26(14-22(33)34)18(16(3)4)10-24(12-20(29)30)5-7-25(17)13-21(31)32/h15-18H,5-14H2,1-4H3,(H,27,28)(H,29,30)(H,31,32)(H,33,34). The molecular formula is C22H40N4O8. The lowest BCUT2D eigenvalue weighted by atomic mass is 9.99. The van der Waals surface area contributed by atoms with Gasteiger partial charge in [0.15, 0.2) is 0 Å². The Bertz CT molecular complexity index is 644. The molecule has 1 rings (SSSR count). The van der Waals surface area contributed by atoms with Gasteiger partial charge in [-0.1, -0.05) is 27.7 Å². The van der Waals surface area contributed by atoms with Crippen LogP contribution in [0.25, 0.3) is 0 Å². The van der Waals surface area contributed by atoms with Gasteiger partial charge in [0.05, 0.1) is 26.2 Å². The summed E-state index contributed by atoms with van der Waals surface area (Å²) in [7, 11) is 0. The predicted molar refractivity (Wildman–Crippen MR) is 124 cm³/mol. The van der Waals surface area contributed by atoms with Gasteiger partial charge in [-0.2, -0.15) is 0 Å². The second-order valence-corrected chi connectivity index (χ2v) is 9.61. The summed E-state index contributed by atoms with van der Waals surface area (Å²) in [6.45, 7) is 8.48. The van der Waals surface area contributed by atoms with Crippen LogP contribution in [0.1, 0.15) is 27.7 Å². The average molecular weight is 489 g/mol. The van der Waals surface area contributed by atoms with Crippen molar-refractivity contribution in [3.05, 3.63) is 0 Å². The van der Waals surface area contributed by atoms with Gasteiger partial charge < -0.3 is 20.4 Å². The number of nitrogens with zero attached hydrogens (tertiary/aromatic N) is 4. The minimum absolute atomic E-state index is 0.00467. The van der Waals surface area contributed by atoms with E-state index in [0.29, 0.717) is 13.1 Å². The molecule has 1 saturated heterocycles. The first kappa shape index (κ1) is 29.8. The van der Waals surface area contributed by atoms with Crippen LogP contribution < -0.4 is 0 Å². The van der Waals surface area contributed by atoms with Crippen molar-refractivity contribution in [1.82, 2.24) is 19.6 Å². The van der Waals surface area contributed by atoms with Crippen LogP contribution in [0.5, 0.6) is 0 Å². The van der Waals surface area contributed by atoms with E-state index in [2.05, 4.69) is 0 Å². The molecule has 0 saturated carbocycles. The summed E-state index contributed by atoms with van der Waals surface area (Å²) in [5, 5.41) is 37.9. The van der Waals surface area contributed by atoms with Crippen molar-refractivity contribution in [1.29, 1.82) is 0 Å². The molecule has 1 heterocycles. The maximum atomic E-state index is 11.6. The van der Waals surface area contributed by atoms with Crippen molar-refractivity contribution in [2.75, 3.05) is 65.4 Å². The van der Waals surface area contributed by atoms with Crippen molar-refractivity contribution in [2.45, 2.75) is 39.8 Å². The van der Waals surface area contributed by atoms with Gasteiger partial charge in [0, 0.05) is 51.4 Å². The maximum absolute atomic E-state index is 11.6. The normalized spacial score (nSPS) is 22.9. The van der Waals surface area contributed by atoms with Crippen LogP contribution in [0.3, 0.4) is 0 Å². The average Bonchev–Trinajstić information content (AvgIpc) is 2.67. The summed E-state index contributed by atoms with van der Waals surface area (Å²) in [5.41, 5.74) is 0. The second-order valence-electron chi connectivity index (χ2n) is 9.61. The highest BCUT2D eigenvalue weighted by Gasteiger charge is 2.32. The Morgan fingerprint density at radius 3 is 1.12 bits per heavy atom. The fourth-order valence-electron chi connectivity index (χ4n) is 4.49. The highest BCUT2D eigenvalue weighted by molar-refractivity contribution is 5.70. The summed E-state index contributed by atoms with van der Waals surface area (Å²) in [5.74, 6) is -4.05. The van der Waals surface area contributed by atoms with Gasteiger partial charge in [-0.05, 0) is 11.8 Å². The molecular weight excluding hydrogens is 448 g/mol. The lowest BCUT2D eigenvalue weighted by molar-refractivity contribution is -0.143. The lowest BCUT2D eigenvalue weighted by Gasteiger charge is -2.42. The zero-order chi connectivity index (χ0) is 26.0. The fraction of sp³-hybridized carbons (Fsp3) is 0.818. The molecule has 0 amide bonds.